The van der Waals surface area contributed by atoms with Crippen LogP contribution >= 0.6 is 0 Å². The standard InChI is InChI=1S/C13H26N2O/c1-3-9-13(2,14)12(16)15-10-11-7-5-4-6-8-11/h11H,3-10,14H2,1-2H3,(H,15,16). The van der Waals surface area contributed by atoms with Crippen LogP contribution in [0.25, 0.3) is 0 Å². The third kappa shape index (κ3) is 4.12. The van der Waals surface area contributed by atoms with E-state index in [0.29, 0.717) is 5.92 Å². The maximum atomic E-state index is 11.9. The minimum Gasteiger partial charge on any atom is -0.354 e. The second-order valence-electron chi connectivity index (χ2n) is 5.38. The van der Waals surface area contributed by atoms with Crippen LogP contribution in [0.15, 0.2) is 0 Å². The van der Waals surface area contributed by atoms with Crippen LogP contribution in [0.3, 0.4) is 0 Å². The maximum absolute atomic E-state index is 11.9. The van der Waals surface area contributed by atoms with Crippen LogP contribution in [-0.2, 0) is 4.79 Å². The molecule has 1 saturated carbocycles. The first-order valence-corrected chi connectivity index (χ1v) is 6.63. The lowest BCUT2D eigenvalue weighted by atomic mass is 9.89. The molecule has 3 nitrogen and oxygen atoms in total. The van der Waals surface area contributed by atoms with E-state index in [1.54, 1.807) is 0 Å². The monoisotopic (exact) mass is 226 g/mol. The Morgan fingerprint density at radius 3 is 2.56 bits per heavy atom. The highest BCUT2D eigenvalue weighted by Gasteiger charge is 2.27. The lowest BCUT2D eigenvalue weighted by Gasteiger charge is -2.26. The highest BCUT2D eigenvalue weighted by molar-refractivity contribution is 5.85. The first-order chi connectivity index (χ1) is 7.56. The van der Waals surface area contributed by atoms with Crippen molar-refractivity contribution in [1.82, 2.24) is 5.32 Å². The van der Waals surface area contributed by atoms with E-state index in [1.807, 2.05) is 6.92 Å². The molecule has 0 heterocycles. The van der Waals surface area contributed by atoms with Gasteiger partial charge in [0.25, 0.3) is 0 Å². The Morgan fingerprint density at radius 1 is 1.38 bits per heavy atom. The summed E-state index contributed by atoms with van der Waals surface area (Å²) in [6.45, 7) is 4.70. The third-order valence-electron chi connectivity index (χ3n) is 3.56. The van der Waals surface area contributed by atoms with Gasteiger partial charge in [0.1, 0.15) is 0 Å². The van der Waals surface area contributed by atoms with Crippen molar-refractivity contribution in [3.63, 3.8) is 0 Å². The minimum atomic E-state index is -0.691. The van der Waals surface area contributed by atoms with E-state index < -0.39 is 5.54 Å². The fraction of sp³-hybridized carbons (Fsp3) is 0.923. The van der Waals surface area contributed by atoms with Crippen LogP contribution in [0.2, 0.25) is 0 Å². The van der Waals surface area contributed by atoms with Crippen molar-refractivity contribution >= 4 is 5.91 Å². The second kappa shape index (κ2) is 6.24. The molecule has 1 rings (SSSR count). The van der Waals surface area contributed by atoms with Crippen LogP contribution < -0.4 is 11.1 Å². The number of carbonyl (C=O) groups excluding carboxylic acids is 1. The summed E-state index contributed by atoms with van der Waals surface area (Å²) in [4.78, 5) is 11.9. The molecule has 0 bridgehead atoms. The predicted molar refractivity (Wildman–Crippen MR) is 67.1 cm³/mol. The quantitative estimate of drug-likeness (QED) is 0.755. The van der Waals surface area contributed by atoms with Gasteiger partial charge in [0.2, 0.25) is 5.91 Å². The van der Waals surface area contributed by atoms with Crippen LogP contribution in [0.4, 0.5) is 0 Å². The highest BCUT2D eigenvalue weighted by atomic mass is 16.2. The Morgan fingerprint density at radius 2 is 2.00 bits per heavy atom. The third-order valence-corrected chi connectivity index (χ3v) is 3.56. The summed E-state index contributed by atoms with van der Waals surface area (Å²) in [7, 11) is 0. The van der Waals surface area contributed by atoms with Crippen molar-refractivity contribution in [2.75, 3.05) is 6.54 Å². The first kappa shape index (κ1) is 13.5. The molecular weight excluding hydrogens is 200 g/mol. The van der Waals surface area contributed by atoms with Crippen molar-refractivity contribution in [3.8, 4) is 0 Å². The first-order valence-electron chi connectivity index (χ1n) is 6.63. The largest absolute Gasteiger partial charge is 0.354 e. The molecular formula is C13H26N2O. The van der Waals surface area contributed by atoms with Gasteiger partial charge in [-0.2, -0.15) is 0 Å². The highest BCUT2D eigenvalue weighted by Crippen LogP contribution is 2.22. The Bertz CT molecular complexity index is 220. The topological polar surface area (TPSA) is 55.1 Å². The van der Waals surface area contributed by atoms with Crippen molar-refractivity contribution in [3.05, 3.63) is 0 Å². The van der Waals surface area contributed by atoms with Gasteiger partial charge in [-0.1, -0.05) is 32.6 Å². The van der Waals surface area contributed by atoms with Crippen molar-refractivity contribution in [2.24, 2.45) is 11.7 Å². The summed E-state index contributed by atoms with van der Waals surface area (Å²) >= 11 is 0. The molecule has 1 atom stereocenters. The Kier molecular flexibility index (Phi) is 5.26. The molecule has 3 heteroatoms. The summed E-state index contributed by atoms with van der Waals surface area (Å²) in [6.07, 6.45) is 8.21. The van der Waals surface area contributed by atoms with Gasteiger partial charge >= 0.3 is 0 Å². The number of amides is 1. The molecule has 1 aliphatic carbocycles. The van der Waals surface area contributed by atoms with E-state index >= 15 is 0 Å². The normalized spacial score (nSPS) is 21.4. The molecule has 0 aromatic carbocycles. The summed E-state index contributed by atoms with van der Waals surface area (Å²) in [5.41, 5.74) is 5.28. The fourth-order valence-electron chi connectivity index (χ4n) is 2.46. The summed E-state index contributed by atoms with van der Waals surface area (Å²) in [5, 5.41) is 3.01. The Labute approximate surface area is 99.2 Å². The molecule has 0 aromatic heterocycles. The van der Waals surface area contributed by atoms with Gasteiger partial charge in [-0.05, 0) is 32.1 Å². The number of nitrogens with two attached hydrogens (primary N) is 1. The summed E-state index contributed by atoms with van der Waals surface area (Å²) in [5.74, 6) is 0.690. The van der Waals surface area contributed by atoms with E-state index in [2.05, 4.69) is 12.2 Å². The number of rotatable bonds is 5. The van der Waals surface area contributed by atoms with Gasteiger partial charge in [0, 0.05) is 6.54 Å². The lowest BCUT2D eigenvalue weighted by Crippen LogP contribution is -2.52. The van der Waals surface area contributed by atoms with Gasteiger partial charge < -0.3 is 11.1 Å². The molecule has 16 heavy (non-hydrogen) atoms. The van der Waals surface area contributed by atoms with Gasteiger partial charge in [0.15, 0.2) is 0 Å². The maximum Gasteiger partial charge on any atom is 0.239 e. The molecule has 0 saturated heterocycles. The van der Waals surface area contributed by atoms with E-state index in [-0.39, 0.29) is 5.91 Å². The van der Waals surface area contributed by atoms with E-state index in [1.165, 1.54) is 32.1 Å². The predicted octanol–water partition coefficient (Wildman–Crippen LogP) is 2.20. The van der Waals surface area contributed by atoms with Gasteiger partial charge in [-0.25, -0.2) is 0 Å². The number of hydrogen-bond acceptors (Lipinski definition) is 2. The average Bonchev–Trinajstić information content (AvgIpc) is 2.27. The Balaban J connectivity index is 2.28. The molecule has 94 valence electrons. The second-order valence-corrected chi connectivity index (χ2v) is 5.38. The van der Waals surface area contributed by atoms with Gasteiger partial charge in [-0.3, -0.25) is 4.79 Å². The number of carbonyl (C=O) groups is 1. The van der Waals surface area contributed by atoms with Gasteiger partial charge in [-0.15, -0.1) is 0 Å². The smallest absolute Gasteiger partial charge is 0.239 e. The van der Waals surface area contributed by atoms with E-state index in [9.17, 15) is 4.79 Å². The average molecular weight is 226 g/mol. The zero-order valence-corrected chi connectivity index (χ0v) is 10.7. The van der Waals surface area contributed by atoms with Crippen molar-refractivity contribution in [2.45, 2.75) is 64.3 Å². The van der Waals surface area contributed by atoms with E-state index in [0.717, 1.165) is 19.4 Å². The molecule has 1 unspecified atom stereocenters. The van der Waals surface area contributed by atoms with Gasteiger partial charge in [0.05, 0.1) is 5.54 Å². The fourth-order valence-corrected chi connectivity index (χ4v) is 2.46. The number of hydrogen-bond donors (Lipinski definition) is 2. The molecule has 1 aliphatic rings. The Hall–Kier alpha value is -0.570. The summed E-state index contributed by atoms with van der Waals surface area (Å²) < 4.78 is 0. The van der Waals surface area contributed by atoms with Crippen molar-refractivity contribution < 1.29 is 4.79 Å². The van der Waals surface area contributed by atoms with Crippen LogP contribution in [0, 0.1) is 5.92 Å². The molecule has 0 aliphatic heterocycles. The zero-order chi connectivity index (χ0) is 12.0. The molecule has 1 amide bonds. The molecule has 1 fully saturated rings. The molecule has 0 aromatic rings. The SMILES string of the molecule is CCCC(C)(N)C(=O)NCC1CCCCC1. The van der Waals surface area contributed by atoms with Crippen LogP contribution in [0.5, 0.6) is 0 Å². The molecule has 0 radical (unpaired) electrons. The van der Waals surface area contributed by atoms with Crippen LogP contribution in [0.1, 0.15) is 58.8 Å². The summed E-state index contributed by atoms with van der Waals surface area (Å²) in [6, 6.07) is 0. The lowest BCUT2D eigenvalue weighted by molar-refractivity contribution is -0.126. The van der Waals surface area contributed by atoms with Crippen molar-refractivity contribution in [1.29, 1.82) is 0 Å². The molecule has 0 spiro atoms. The zero-order valence-electron chi connectivity index (χ0n) is 10.7. The molecule has 3 N–H and O–H groups in total. The number of nitrogens with one attached hydrogen (secondary N) is 1. The van der Waals surface area contributed by atoms with E-state index in [4.69, 9.17) is 5.73 Å². The van der Waals surface area contributed by atoms with Crippen LogP contribution in [-0.4, -0.2) is 18.0 Å². The minimum absolute atomic E-state index is 0.0138.